The van der Waals surface area contributed by atoms with Crippen molar-refractivity contribution in [3.8, 4) is 6.07 Å². The van der Waals surface area contributed by atoms with Crippen LogP contribution in [0, 0.1) is 11.3 Å². The Morgan fingerprint density at radius 2 is 1.88 bits per heavy atom. The molecule has 2 N–H and O–H groups in total. The Hall–Kier alpha value is -2.06. The molecule has 0 unspecified atom stereocenters. The monoisotopic (exact) mass is 361 g/mol. The van der Waals surface area contributed by atoms with Crippen molar-refractivity contribution < 1.29 is 4.79 Å². The van der Waals surface area contributed by atoms with E-state index in [0.717, 1.165) is 5.56 Å². The number of rotatable bonds is 5. The van der Waals surface area contributed by atoms with E-state index < -0.39 is 6.04 Å². The van der Waals surface area contributed by atoms with Gasteiger partial charge in [0.15, 0.2) is 0 Å². The molecule has 0 aliphatic carbocycles. The summed E-state index contributed by atoms with van der Waals surface area (Å²) in [5, 5.41) is 16.1. The first-order valence-electron chi connectivity index (χ1n) is 7.43. The van der Waals surface area contributed by atoms with Gasteiger partial charge < -0.3 is 5.32 Å². The minimum absolute atomic E-state index is 0.137. The average Bonchev–Trinajstić information content (AvgIpc) is 2.55. The predicted octanol–water partition coefficient (Wildman–Crippen LogP) is 4.54. The molecule has 24 heavy (non-hydrogen) atoms. The molecule has 0 saturated carbocycles. The van der Waals surface area contributed by atoms with Crippen molar-refractivity contribution in [2.75, 3.05) is 5.32 Å². The minimum Gasteiger partial charge on any atom is -0.324 e. The number of nitrogens with zero attached hydrogens (tertiary/aromatic N) is 1. The predicted molar refractivity (Wildman–Crippen MR) is 97.3 cm³/mol. The highest BCUT2D eigenvalue weighted by atomic mass is 35.5. The van der Waals surface area contributed by atoms with Crippen molar-refractivity contribution in [2.45, 2.75) is 25.9 Å². The zero-order valence-electron chi connectivity index (χ0n) is 13.3. The Morgan fingerprint density at radius 3 is 2.54 bits per heavy atom. The van der Waals surface area contributed by atoms with Crippen molar-refractivity contribution in [2.24, 2.45) is 0 Å². The molecule has 0 aromatic heterocycles. The van der Waals surface area contributed by atoms with Gasteiger partial charge in [0.05, 0.1) is 17.3 Å². The van der Waals surface area contributed by atoms with Crippen LogP contribution in [0.25, 0.3) is 0 Å². The van der Waals surface area contributed by atoms with Gasteiger partial charge in [0.2, 0.25) is 5.91 Å². The van der Waals surface area contributed by atoms with Gasteiger partial charge in [0.25, 0.3) is 0 Å². The summed E-state index contributed by atoms with van der Waals surface area (Å²) in [6.07, 6.45) is 0. The molecule has 0 fully saturated rings. The summed E-state index contributed by atoms with van der Waals surface area (Å²) in [6, 6.07) is 13.6. The second-order valence-corrected chi connectivity index (χ2v) is 6.27. The second-order valence-electron chi connectivity index (χ2n) is 5.42. The molecule has 2 rings (SSSR count). The van der Waals surface area contributed by atoms with E-state index in [9.17, 15) is 4.79 Å². The fraction of sp³-hybridized carbons (Fsp3) is 0.222. The first kappa shape index (κ1) is 18.3. The lowest BCUT2D eigenvalue weighted by atomic mass is 10.1. The van der Waals surface area contributed by atoms with Gasteiger partial charge >= 0.3 is 0 Å². The van der Waals surface area contributed by atoms with Crippen LogP contribution in [-0.4, -0.2) is 11.9 Å². The van der Waals surface area contributed by atoms with Crippen LogP contribution in [0.1, 0.15) is 31.0 Å². The lowest BCUT2D eigenvalue weighted by Crippen LogP contribution is -2.39. The Kier molecular flexibility index (Phi) is 6.22. The van der Waals surface area contributed by atoms with Crippen LogP contribution in [0.3, 0.4) is 0 Å². The number of amides is 1. The molecule has 0 bridgehead atoms. The van der Waals surface area contributed by atoms with E-state index in [1.807, 2.05) is 13.0 Å². The van der Waals surface area contributed by atoms with Gasteiger partial charge in [-0.3, -0.25) is 10.1 Å². The lowest BCUT2D eigenvalue weighted by Gasteiger charge is -2.21. The molecule has 0 radical (unpaired) electrons. The largest absolute Gasteiger partial charge is 0.324 e. The maximum Gasteiger partial charge on any atom is 0.241 e. The molecule has 6 heteroatoms. The summed E-state index contributed by atoms with van der Waals surface area (Å²) in [7, 11) is 0. The number of hydrogen-bond acceptors (Lipinski definition) is 3. The molecule has 0 aliphatic heterocycles. The van der Waals surface area contributed by atoms with Crippen molar-refractivity contribution in [1.29, 1.82) is 5.26 Å². The molecule has 2 atom stereocenters. The number of para-hydroxylation sites is 1. The first-order chi connectivity index (χ1) is 11.4. The third kappa shape index (κ3) is 4.48. The van der Waals surface area contributed by atoms with Crippen LogP contribution < -0.4 is 10.6 Å². The molecule has 0 spiro atoms. The highest BCUT2D eigenvalue weighted by Crippen LogP contribution is 2.26. The van der Waals surface area contributed by atoms with Crippen molar-refractivity contribution >= 4 is 34.8 Å². The van der Waals surface area contributed by atoms with Crippen molar-refractivity contribution in [3.63, 3.8) is 0 Å². The topological polar surface area (TPSA) is 64.9 Å². The second kappa shape index (κ2) is 8.16. The molecular weight excluding hydrogens is 345 g/mol. The Labute approximate surface area is 151 Å². The number of hydrogen-bond donors (Lipinski definition) is 2. The van der Waals surface area contributed by atoms with Crippen LogP contribution >= 0.6 is 23.2 Å². The number of carbonyl (C=O) groups is 1. The van der Waals surface area contributed by atoms with Gasteiger partial charge in [-0.2, -0.15) is 5.26 Å². The molecule has 0 aliphatic rings. The van der Waals surface area contributed by atoms with E-state index in [4.69, 9.17) is 28.5 Å². The molecule has 0 saturated heterocycles. The summed E-state index contributed by atoms with van der Waals surface area (Å²) < 4.78 is 0. The summed E-state index contributed by atoms with van der Waals surface area (Å²) in [4.78, 5) is 12.3. The number of halogens is 2. The van der Waals surface area contributed by atoms with Gasteiger partial charge in [0, 0.05) is 16.1 Å². The lowest BCUT2D eigenvalue weighted by molar-refractivity contribution is -0.117. The number of anilines is 1. The summed E-state index contributed by atoms with van der Waals surface area (Å²) >= 11 is 12.1. The van der Waals surface area contributed by atoms with E-state index in [2.05, 4.69) is 16.7 Å². The fourth-order valence-corrected chi connectivity index (χ4v) is 2.90. The third-order valence-corrected chi connectivity index (χ3v) is 4.19. The number of nitriles is 1. The minimum atomic E-state index is -0.474. The summed E-state index contributed by atoms with van der Waals surface area (Å²) in [5.74, 6) is -0.227. The maximum absolute atomic E-state index is 12.3. The Bertz CT molecular complexity index is 786. The van der Waals surface area contributed by atoms with E-state index in [1.165, 1.54) is 0 Å². The molecule has 1 amide bonds. The molecular formula is C18H17Cl2N3O. The number of benzene rings is 2. The standard InChI is InChI=1S/C18H17Cl2N3O/c1-11(15-8-7-14(19)9-16(15)20)22-12(2)18(24)23-17-6-4-3-5-13(17)10-21/h3-9,11-12,22H,1-2H3,(H,23,24)/t11-,12-/m0/s1. The van der Waals surface area contributed by atoms with Crippen LogP contribution in [0.2, 0.25) is 10.0 Å². The molecule has 0 heterocycles. The van der Waals surface area contributed by atoms with E-state index in [0.29, 0.717) is 21.3 Å². The van der Waals surface area contributed by atoms with Crippen LogP contribution in [-0.2, 0) is 4.79 Å². The number of carbonyl (C=O) groups excluding carboxylic acids is 1. The first-order valence-corrected chi connectivity index (χ1v) is 8.19. The van der Waals surface area contributed by atoms with Gasteiger partial charge in [-0.1, -0.05) is 41.4 Å². The molecule has 2 aromatic carbocycles. The van der Waals surface area contributed by atoms with Crippen molar-refractivity contribution in [1.82, 2.24) is 5.32 Å². The molecule has 4 nitrogen and oxygen atoms in total. The number of nitrogens with one attached hydrogen (secondary N) is 2. The fourth-order valence-electron chi connectivity index (χ4n) is 2.32. The van der Waals surface area contributed by atoms with E-state index in [1.54, 1.807) is 43.3 Å². The van der Waals surface area contributed by atoms with Crippen LogP contribution in [0.4, 0.5) is 5.69 Å². The average molecular weight is 362 g/mol. The smallest absolute Gasteiger partial charge is 0.241 e. The zero-order chi connectivity index (χ0) is 17.7. The van der Waals surface area contributed by atoms with Gasteiger partial charge in [-0.25, -0.2) is 0 Å². The van der Waals surface area contributed by atoms with Crippen LogP contribution in [0.15, 0.2) is 42.5 Å². The third-order valence-electron chi connectivity index (χ3n) is 3.63. The van der Waals surface area contributed by atoms with Gasteiger partial charge in [-0.05, 0) is 43.7 Å². The maximum atomic E-state index is 12.3. The summed E-state index contributed by atoms with van der Waals surface area (Å²) in [6.45, 7) is 3.67. The molecule has 124 valence electrons. The summed E-state index contributed by atoms with van der Waals surface area (Å²) in [5.41, 5.74) is 1.78. The van der Waals surface area contributed by atoms with Gasteiger partial charge in [-0.15, -0.1) is 0 Å². The van der Waals surface area contributed by atoms with Crippen LogP contribution in [0.5, 0.6) is 0 Å². The quantitative estimate of drug-likeness (QED) is 0.821. The van der Waals surface area contributed by atoms with E-state index in [-0.39, 0.29) is 11.9 Å². The Balaban J connectivity index is 2.04. The zero-order valence-corrected chi connectivity index (χ0v) is 14.8. The normalized spacial score (nSPS) is 13.0. The molecule has 2 aromatic rings. The van der Waals surface area contributed by atoms with Crippen molar-refractivity contribution in [3.05, 3.63) is 63.6 Å². The highest BCUT2D eigenvalue weighted by molar-refractivity contribution is 6.35. The Morgan fingerprint density at radius 1 is 1.17 bits per heavy atom. The van der Waals surface area contributed by atoms with Gasteiger partial charge in [0.1, 0.15) is 6.07 Å². The van der Waals surface area contributed by atoms with E-state index >= 15 is 0 Å². The highest BCUT2D eigenvalue weighted by Gasteiger charge is 2.18. The SMILES string of the molecule is C[C@H](N[C@@H](C)c1ccc(Cl)cc1Cl)C(=O)Nc1ccccc1C#N.